The van der Waals surface area contributed by atoms with E-state index in [2.05, 4.69) is 74.6 Å². The normalized spacial score (nSPS) is 12.5. The quantitative estimate of drug-likeness (QED) is 0.0373. The molecule has 0 spiro atoms. The molecular formula is C67H122O5. The molecule has 5 nitrogen and oxygen atoms in total. The largest absolute Gasteiger partial charge is 0.462 e. The van der Waals surface area contributed by atoms with E-state index in [9.17, 15) is 14.7 Å². The summed E-state index contributed by atoms with van der Waals surface area (Å²) in [5, 5.41) is 9.68. The summed E-state index contributed by atoms with van der Waals surface area (Å²) in [4.78, 5) is 24.6. The number of carbonyl (C=O) groups excluding carboxylic acids is 2. The van der Waals surface area contributed by atoms with Crippen LogP contribution in [0, 0.1) is 0 Å². The Bertz CT molecular complexity index is 1230. The molecule has 0 heterocycles. The molecule has 0 aromatic heterocycles. The predicted octanol–water partition coefficient (Wildman–Crippen LogP) is 21.8. The molecule has 0 saturated heterocycles. The smallest absolute Gasteiger partial charge is 0.306 e. The fourth-order valence-corrected chi connectivity index (χ4v) is 9.59. The summed E-state index contributed by atoms with van der Waals surface area (Å²) in [5.41, 5.74) is 0. The van der Waals surface area contributed by atoms with E-state index in [0.717, 1.165) is 70.6 Å². The van der Waals surface area contributed by atoms with Gasteiger partial charge in [0.05, 0.1) is 6.61 Å². The fourth-order valence-electron chi connectivity index (χ4n) is 9.59. The van der Waals surface area contributed by atoms with Crippen LogP contribution in [0.4, 0.5) is 0 Å². The van der Waals surface area contributed by atoms with Gasteiger partial charge in [0, 0.05) is 12.8 Å². The highest BCUT2D eigenvalue weighted by Gasteiger charge is 2.16. The molecule has 1 unspecified atom stereocenters. The Morgan fingerprint density at radius 1 is 0.333 bits per heavy atom. The van der Waals surface area contributed by atoms with Gasteiger partial charge < -0.3 is 14.6 Å². The SMILES string of the molecule is CC/C=C\C/C=C\C/C=C\C/C=C\C/C=C\CCCCCCCCCCCC(=O)OC(CO)COC(=O)CCCCCCCCCCCCCCCCCCCCCCCCCCCCCCCCCCC. The Kier molecular flexibility index (Phi) is 60.8. The average Bonchev–Trinajstić information content (AvgIpc) is 3.38. The molecule has 0 fully saturated rings. The monoisotopic (exact) mass is 1010 g/mol. The van der Waals surface area contributed by atoms with Crippen LogP contribution >= 0.6 is 0 Å². The zero-order valence-corrected chi connectivity index (χ0v) is 48.2. The maximum Gasteiger partial charge on any atom is 0.306 e. The zero-order chi connectivity index (χ0) is 52.0. The third kappa shape index (κ3) is 60.2. The van der Waals surface area contributed by atoms with E-state index in [1.54, 1.807) is 0 Å². The molecule has 0 rings (SSSR count). The molecule has 72 heavy (non-hydrogen) atoms. The second-order valence-corrected chi connectivity index (χ2v) is 21.5. The van der Waals surface area contributed by atoms with Crippen molar-refractivity contribution in [3.05, 3.63) is 60.8 Å². The molecule has 1 N–H and O–H groups in total. The van der Waals surface area contributed by atoms with Crippen molar-refractivity contribution >= 4 is 11.9 Å². The maximum atomic E-state index is 12.3. The highest BCUT2D eigenvalue weighted by Crippen LogP contribution is 2.18. The van der Waals surface area contributed by atoms with Gasteiger partial charge in [0.15, 0.2) is 6.10 Å². The number of aliphatic hydroxyl groups is 1. The van der Waals surface area contributed by atoms with Crippen molar-refractivity contribution in [2.24, 2.45) is 0 Å². The van der Waals surface area contributed by atoms with Gasteiger partial charge in [0.1, 0.15) is 6.61 Å². The third-order valence-corrected chi connectivity index (χ3v) is 14.3. The molecule has 0 aliphatic carbocycles. The number of hydrogen-bond donors (Lipinski definition) is 1. The Hall–Kier alpha value is -2.40. The van der Waals surface area contributed by atoms with Crippen LogP contribution in [0.15, 0.2) is 60.8 Å². The number of unbranched alkanes of at least 4 members (excludes halogenated alkanes) is 41. The van der Waals surface area contributed by atoms with Crippen molar-refractivity contribution in [3.63, 3.8) is 0 Å². The number of aliphatic hydroxyl groups excluding tert-OH is 1. The maximum absolute atomic E-state index is 12.3. The molecule has 0 saturated carbocycles. The molecule has 5 heteroatoms. The highest BCUT2D eigenvalue weighted by molar-refractivity contribution is 5.70. The summed E-state index contributed by atoms with van der Waals surface area (Å²) in [6.07, 6.45) is 85.2. The van der Waals surface area contributed by atoms with Gasteiger partial charge in [-0.15, -0.1) is 0 Å². The molecule has 420 valence electrons. The minimum absolute atomic E-state index is 0.0664. The van der Waals surface area contributed by atoms with E-state index in [1.807, 2.05) is 0 Å². The summed E-state index contributed by atoms with van der Waals surface area (Å²) >= 11 is 0. The molecule has 0 radical (unpaired) electrons. The van der Waals surface area contributed by atoms with Gasteiger partial charge in [0.25, 0.3) is 0 Å². The lowest BCUT2D eigenvalue weighted by atomic mass is 10.0. The molecular weight excluding hydrogens is 885 g/mol. The van der Waals surface area contributed by atoms with Crippen LogP contribution in [0.2, 0.25) is 0 Å². The zero-order valence-electron chi connectivity index (χ0n) is 48.2. The van der Waals surface area contributed by atoms with Crippen LogP contribution in [-0.4, -0.2) is 36.4 Å². The topological polar surface area (TPSA) is 72.8 Å². The van der Waals surface area contributed by atoms with E-state index in [0.29, 0.717) is 12.8 Å². The van der Waals surface area contributed by atoms with Crippen LogP contribution in [0.5, 0.6) is 0 Å². The standard InChI is InChI=1S/C67H122O5/c1-3-5-7-9-11-13-15-17-19-21-23-25-27-29-30-31-32-33-34-35-36-38-39-41-43-45-47-49-51-53-55-57-59-61-66(69)71-64-65(63-68)72-67(70)62-60-58-56-54-52-50-48-46-44-42-40-37-28-26-24-22-20-18-16-14-12-10-8-6-4-2/h6,8,12,14,18,20,24,26,37,40,65,68H,3-5,7,9-11,13,15-17,19,21-23,25,27-36,38-39,41-64H2,1-2H3/b8-6-,14-12-,20-18-,26-24-,40-37-. The van der Waals surface area contributed by atoms with Gasteiger partial charge in [-0.2, -0.15) is 0 Å². The van der Waals surface area contributed by atoms with Crippen LogP contribution in [0.25, 0.3) is 0 Å². The first-order chi connectivity index (χ1) is 35.6. The number of ether oxygens (including phenoxy) is 2. The number of allylic oxidation sites excluding steroid dienone is 10. The van der Waals surface area contributed by atoms with Gasteiger partial charge in [-0.3, -0.25) is 9.59 Å². The lowest BCUT2D eigenvalue weighted by Gasteiger charge is -2.15. The highest BCUT2D eigenvalue weighted by atomic mass is 16.6. The van der Waals surface area contributed by atoms with Crippen molar-refractivity contribution in [2.75, 3.05) is 13.2 Å². The minimum atomic E-state index is -0.777. The number of esters is 2. The van der Waals surface area contributed by atoms with Crippen molar-refractivity contribution in [1.29, 1.82) is 0 Å². The van der Waals surface area contributed by atoms with Gasteiger partial charge in [-0.1, -0.05) is 325 Å². The van der Waals surface area contributed by atoms with Gasteiger partial charge in [-0.05, 0) is 57.8 Å². The van der Waals surface area contributed by atoms with E-state index in [1.165, 1.54) is 238 Å². The summed E-state index contributed by atoms with van der Waals surface area (Å²) in [5.74, 6) is -0.584. The van der Waals surface area contributed by atoms with Gasteiger partial charge in [-0.25, -0.2) is 0 Å². The van der Waals surface area contributed by atoms with E-state index in [4.69, 9.17) is 9.47 Å². The second kappa shape index (κ2) is 62.9. The first kappa shape index (κ1) is 69.6. The number of carbonyl (C=O) groups is 2. The molecule has 0 aromatic rings. The van der Waals surface area contributed by atoms with Crippen LogP contribution in [0.1, 0.15) is 335 Å². The first-order valence-electron chi connectivity index (χ1n) is 31.8. The summed E-state index contributed by atoms with van der Waals surface area (Å²) in [6, 6.07) is 0. The van der Waals surface area contributed by atoms with Gasteiger partial charge >= 0.3 is 11.9 Å². The molecule has 1 atom stereocenters. The number of rotatable bonds is 59. The lowest BCUT2D eigenvalue weighted by molar-refractivity contribution is -0.161. The Morgan fingerprint density at radius 3 is 0.903 bits per heavy atom. The Balaban J connectivity index is 3.42. The summed E-state index contributed by atoms with van der Waals surface area (Å²) in [7, 11) is 0. The molecule has 0 aliphatic heterocycles. The molecule has 0 bridgehead atoms. The molecule has 0 aliphatic rings. The van der Waals surface area contributed by atoms with Crippen molar-refractivity contribution in [1.82, 2.24) is 0 Å². The van der Waals surface area contributed by atoms with E-state index in [-0.39, 0.29) is 25.2 Å². The Morgan fingerprint density at radius 2 is 0.597 bits per heavy atom. The van der Waals surface area contributed by atoms with E-state index < -0.39 is 6.10 Å². The second-order valence-electron chi connectivity index (χ2n) is 21.5. The first-order valence-corrected chi connectivity index (χ1v) is 31.8. The van der Waals surface area contributed by atoms with E-state index >= 15 is 0 Å². The number of hydrogen-bond acceptors (Lipinski definition) is 5. The summed E-state index contributed by atoms with van der Waals surface area (Å²) in [6.45, 7) is 4.07. The van der Waals surface area contributed by atoms with Gasteiger partial charge in [0.2, 0.25) is 0 Å². The summed E-state index contributed by atoms with van der Waals surface area (Å²) < 4.78 is 10.7. The Labute approximate surface area is 449 Å². The molecule has 0 aromatic carbocycles. The van der Waals surface area contributed by atoms with Crippen LogP contribution in [0.3, 0.4) is 0 Å². The lowest BCUT2D eigenvalue weighted by Crippen LogP contribution is -2.28. The van der Waals surface area contributed by atoms with Crippen molar-refractivity contribution in [2.45, 2.75) is 341 Å². The van der Waals surface area contributed by atoms with Crippen LogP contribution < -0.4 is 0 Å². The average molecular weight is 1010 g/mol. The molecule has 0 amide bonds. The minimum Gasteiger partial charge on any atom is -0.462 e. The fraction of sp³-hybridized carbons (Fsp3) is 0.821. The van der Waals surface area contributed by atoms with Crippen molar-refractivity contribution in [3.8, 4) is 0 Å². The predicted molar refractivity (Wildman–Crippen MR) is 316 cm³/mol. The third-order valence-electron chi connectivity index (χ3n) is 14.3. The van der Waals surface area contributed by atoms with Crippen LogP contribution in [-0.2, 0) is 19.1 Å². The van der Waals surface area contributed by atoms with Crippen molar-refractivity contribution < 1.29 is 24.2 Å².